The minimum Gasteiger partial charge on any atom is -0.326 e. The number of sulfonamides is 1. The van der Waals surface area contributed by atoms with Gasteiger partial charge in [0.2, 0.25) is 15.9 Å². The van der Waals surface area contributed by atoms with Crippen LogP contribution in [0.25, 0.3) is 0 Å². The predicted molar refractivity (Wildman–Crippen MR) is 147 cm³/mol. The summed E-state index contributed by atoms with van der Waals surface area (Å²) in [5, 5.41) is 3.90. The second-order valence-corrected chi connectivity index (χ2v) is 11.2. The van der Waals surface area contributed by atoms with Gasteiger partial charge in [-0.25, -0.2) is 8.42 Å². The molecule has 4 aromatic rings. The number of rotatable bonds is 9. The quantitative estimate of drug-likeness (QED) is 0.256. The van der Waals surface area contributed by atoms with Crippen molar-refractivity contribution in [1.29, 1.82) is 0 Å². The molecule has 1 amide bonds. The van der Waals surface area contributed by atoms with Crippen molar-refractivity contribution in [3.8, 4) is 0 Å². The summed E-state index contributed by atoms with van der Waals surface area (Å²) in [4.78, 5) is 16.9. The highest BCUT2D eigenvalue weighted by Crippen LogP contribution is 2.30. The van der Waals surface area contributed by atoms with Gasteiger partial charge in [-0.05, 0) is 78.7 Å². The number of halogens is 2. The smallest absolute Gasteiger partial charge is 0.243 e. The van der Waals surface area contributed by atoms with E-state index >= 15 is 0 Å². The molecular formula is C28H25Cl2N3O3S. The van der Waals surface area contributed by atoms with Gasteiger partial charge in [-0.2, -0.15) is 4.31 Å². The monoisotopic (exact) mass is 553 g/mol. The zero-order valence-electron chi connectivity index (χ0n) is 20.0. The Morgan fingerprint density at radius 2 is 1.65 bits per heavy atom. The molecule has 4 rings (SSSR count). The predicted octanol–water partition coefficient (Wildman–Crippen LogP) is 6.52. The first-order valence-electron chi connectivity index (χ1n) is 11.5. The molecule has 6 nitrogen and oxygen atoms in total. The fraction of sp³-hybridized carbons (Fsp3) is 0.143. The largest absolute Gasteiger partial charge is 0.326 e. The van der Waals surface area contributed by atoms with Gasteiger partial charge in [-0.15, -0.1) is 0 Å². The molecule has 3 aromatic carbocycles. The molecule has 0 bridgehead atoms. The van der Waals surface area contributed by atoms with E-state index in [4.69, 9.17) is 23.2 Å². The van der Waals surface area contributed by atoms with Gasteiger partial charge in [-0.1, -0.05) is 53.5 Å². The molecule has 0 saturated heterocycles. The van der Waals surface area contributed by atoms with Gasteiger partial charge in [0.05, 0.1) is 23.6 Å². The number of carbonyl (C=O) groups is 1. The van der Waals surface area contributed by atoms with Crippen molar-refractivity contribution in [1.82, 2.24) is 9.29 Å². The molecule has 1 atom stereocenters. The standard InChI is InChI=1S/C28H25Cl2N3O3S/c1-20(22-8-12-25(13-9-22)32-28(34)18-21-5-4-6-24(30)17-21)33(19-26-7-2-3-16-31-26)37(35,36)27-14-10-23(29)11-15-27/h2-17,20H,18-19H2,1H3,(H,32,34)/t20-/m0/s1. The van der Waals surface area contributed by atoms with Crippen molar-refractivity contribution in [3.63, 3.8) is 0 Å². The maximum absolute atomic E-state index is 13.7. The third-order valence-corrected chi connectivity index (χ3v) is 8.24. The fourth-order valence-electron chi connectivity index (χ4n) is 3.87. The van der Waals surface area contributed by atoms with Gasteiger partial charge in [0.25, 0.3) is 0 Å². The number of aromatic nitrogens is 1. The first-order chi connectivity index (χ1) is 17.7. The van der Waals surface area contributed by atoms with Crippen LogP contribution in [-0.2, 0) is 27.8 Å². The van der Waals surface area contributed by atoms with E-state index in [0.717, 1.165) is 11.1 Å². The van der Waals surface area contributed by atoms with E-state index < -0.39 is 16.1 Å². The Hall–Kier alpha value is -3.23. The van der Waals surface area contributed by atoms with E-state index in [9.17, 15) is 13.2 Å². The molecule has 1 N–H and O–H groups in total. The van der Waals surface area contributed by atoms with Gasteiger partial charge in [-0.3, -0.25) is 9.78 Å². The number of pyridine rings is 1. The molecule has 0 saturated carbocycles. The van der Waals surface area contributed by atoms with Crippen LogP contribution >= 0.6 is 23.2 Å². The Kier molecular flexibility index (Phi) is 8.61. The van der Waals surface area contributed by atoms with Crippen molar-refractivity contribution in [2.75, 3.05) is 5.32 Å². The van der Waals surface area contributed by atoms with Crippen LogP contribution < -0.4 is 5.32 Å². The van der Waals surface area contributed by atoms with Gasteiger partial charge >= 0.3 is 0 Å². The molecule has 190 valence electrons. The summed E-state index contributed by atoms with van der Waals surface area (Å²) in [5.41, 5.74) is 2.81. The molecule has 0 fully saturated rings. The number of hydrogen-bond acceptors (Lipinski definition) is 4. The van der Waals surface area contributed by atoms with E-state index in [2.05, 4.69) is 10.3 Å². The number of benzene rings is 3. The van der Waals surface area contributed by atoms with E-state index in [-0.39, 0.29) is 23.8 Å². The normalized spacial score (nSPS) is 12.3. The van der Waals surface area contributed by atoms with Gasteiger partial charge < -0.3 is 5.32 Å². The number of anilines is 1. The average molecular weight is 554 g/mol. The summed E-state index contributed by atoms with van der Waals surface area (Å²) >= 11 is 12.0. The first-order valence-corrected chi connectivity index (χ1v) is 13.7. The molecule has 0 radical (unpaired) electrons. The lowest BCUT2D eigenvalue weighted by Gasteiger charge is -2.28. The van der Waals surface area contributed by atoms with Gasteiger partial charge in [0.1, 0.15) is 0 Å². The third kappa shape index (κ3) is 6.96. The Bertz CT molecular complexity index is 1460. The molecule has 0 aliphatic rings. The highest BCUT2D eigenvalue weighted by atomic mass is 35.5. The molecule has 0 spiro atoms. The maximum atomic E-state index is 13.7. The van der Waals surface area contributed by atoms with Crippen LogP contribution in [0.15, 0.2) is 102 Å². The summed E-state index contributed by atoms with van der Waals surface area (Å²) < 4.78 is 28.7. The van der Waals surface area contributed by atoms with E-state index in [1.165, 1.54) is 16.4 Å². The lowest BCUT2D eigenvalue weighted by molar-refractivity contribution is -0.115. The van der Waals surface area contributed by atoms with Gasteiger partial charge in [0.15, 0.2) is 0 Å². The number of nitrogens with zero attached hydrogens (tertiary/aromatic N) is 2. The Morgan fingerprint density at radius 1 is 0.919 bits per heavy atom. The number of carbonyl (C=O) groups excluding carboxylic acids is 1. The third-order valence-electron chi connectivity index (χ3n) is 5.83. The zero-order valence-corrected chi connectivity index (χ0v) is 22.3. The maximum Gasteiger partial charge on any atom is 0.243 e. The van der Waals surface area contributed by atoms with Crippen molar-refractivity contribution < 1.29 is 13.2 Å². The molecule has 1 heterocycles. The SMILES string of the molecule is C[C@@H](c1ccc(NC(=O)Cc2cccc(Cl)c2)cc1)N(Cc1ccccn1)S(=O)(=O)c1ccc(Cl)cc1. The molecular weight excluding hydrogens is 529 g/mol. The molecule has 37 heavy (non-hydrogen) atoms. The average Bonchev–Trinajstić information content (AvgIpc) is 2.88. The Balaban J connectivity index is 1.55. The summed E-state index contributed by atoms with van der Waals surface area (Å²) in [6.07, 6.45) is 1.82. The molecule has 0 unspecified atom stereocenters. The van der Waals surface area contributed by atoms with Gasteiger partial charge in [0, 0.05) is 28.0 Å². The molecule has 0 aliphatic heterocycles. The molecule has 0 aliphatic carbocycles. The highest BCUT2D eigenvalue weighted by molar-refractivity contribution is 7.89. The summed E-state index contributed by atoms with van der Waals surface area (Å²) in [7, 11) is -3.88. The van der Waals surface area contributed by atoms with Crippen LogP contribution in [0, 0.1) is 0 Å². The van der Waals surface area contributed by atoms with Crippen molar-refractivity contribution >= 4 is 44.8 Å². The summed E-state index contributed by atoms with van der Waals surface area (Å²) in [5.74, 6) is -0.176. The number of hydrogen-bond donors (Lipinski definition) is 1. The van der Waals surface area contributed by atoms with E-state index in [1.807, 2.05) is 31.2 Å². The zero-order chi connectivity index (χ0) is 26.4. The number of nitrogens with one attached hydrogen (secondary N) is 1. The van der Waals surface area contributed by atoms with Crippen LogP contribution in [0.2, 0.25) is 10.0 Å². The van der Waals surface area contributed by atoms with E-state index in [0.29, 0.717) is 21.4 Å². The lowest BCUT2D eigenvalue weighted by Crippen LogP contribution is -2.33. The molecule has 1 aromatic heterocycles. The Morgan fingerprint density at radius 3 is 2.30 bits per heavy atom. The minimum absolute atomic E-state index is 0.0884. The highest BCUT2D eigenvalue weighted by Gasteiger charge is 2.30. The second-order valence-electron chi connectivity index (χ2n) is 8.48. The van der Waals surface area contributed by atoms with Crippen LogP contribution in [0.5, 0.6) is 0 Å². The fourth-order valence-corrected chi connectivity index (χ4v) is 5.80. The summed E-state index contributed by atoms with van der Waals surface area (Å²) in [6.45, 7) is 1.91. The molecule has 9 heteroatoms. The van der Waals surface area contributed by atoms with Crippen LogP contribution in [0.4, 0.5) is 5.69 Å². The van der Waals surface area contributed by atoms with Crippen LogP contribution in [0.3, 0.4) is 0 Å². The Labute approximate surface area is 226 Å². The van der Waals surface area contributed by atoms with E-state index in [1.54, 1.807) is 60.8 Å². The first kappa shape index (κ1) is 26.8. The van der Waals surface area contributed by atoms with Crippen molar-refractivity contribution in [2.24, 2.45) is 0 Å². The van der Waals surface area contributed by atoms with Crippen molar-refractivity contribution in [3.05, 3.63) is 124 Å². The second kappa shape index (κ2) is 11.9. The summed E-state index contributed by atoms with van der Waals surface area (Å²) in [6, 6.07) is 25.3. The topological polar surface area (TPSA) is 79.4 Å². The van der Waals surface area contributed by atoms with Crippen molar-refractivity contribution in [2.45, 2.75) is 30.8 Å². The lowest BCUT2D eigenvalue weighted by atomic mass is 10.1. The van der Waals surface area contributed by atoms with Crippen LogP contribution in [-0.4, -0.2) is 23.6 Å². The van der Waals surface area contributed by atoms with Crippen LogP contribution in [0.1, 0.15) is 29.8 Å². The minimum atomic E-state index is -3.88. The number of amides is 1.